The number of thioether (sulfide) groups is 1. The van der Waals surface area contributed by atoms with Gasteiger partial charge in [0.05, 0.1) is 18.8 Å². The first-order valence-electron chi connectivity index (χ1n) is 13.7. The van der Waals surface area contributed by atoms with Crippen LogP contribution >= 0.6 is 11.8 Å². The number of aryl methyl sites for hydroxylation is 1. The lowest BCUT2D eigenvalue weighted by Gasteiger charge is -2.29. The lowest BCUT2D eigenvalue weighted by molar-refractivity contribution is -0.121. The van der Waals surface area contributed by atoms with Gasteiger partial charge in [-0.05, 0) is 72.3 Å². The van der Waals surface area contributed by atoms with E-state index in [9.17, 15) is 19.2 Å². The van der Waals surface area contributed by atoms with E-state index in [0.717, 1.165) is 36.5 Å². The fourth-order valence-corrected chi connectivity index (χ4v) is 6.03. The van der Waals surface area contributed by atoms with E-state index >= 15 is 0 Å². The Balaban J connectivity index is 1.44. The van der Waals surface area contributed by atoms with Gasteiger partial charge in [0.1, 0.15) is 18.2 Å². The van der Waals surface area contributed by atoms with Crippen molar-refractivity contribution in [2.45, 2.75) is 55.8 Å². The van der Waals surface area contributed by atoms with Crippen LogP contribution in [0.15, 0.2) is 41.9 Å². The molecule has 41 heavy (non-hydrogen) atoms. The van der Waals surface area contributed by atoms with Gasteiger partial charge in [0, 0.05) is 31.3 Å². The topological polar surface area (TPSA) is 119 Å². The monoisotopic (exact) mass is 579 g/mol. The standard InChI is InChI=1S/C29H31BFN3O6S/c1-37-28(36)21-6-5-19(13-24(21)31)40-26-14-22-18(12-25(26)39-16-20-4-2-3-10-38-20)7-8-30(17-32)23(22)15-27(35)34-29-33-9-11-41-29/h5-6,9,11-14,20,23,29,33H,2-4,7-8,10,15-16H2,1H3,(H,34,35). The van der Waals surface area contributed by atoms with E-state index in [1.54, 1.807) is 12.3 Å². The summed E-state index contributed by atoms with van der Waals surface area (Å²) in [6, 6.07) is 7.58. The highest BCUT2D eigenvalue weighted by Gasteiger charge is 2.36. The van der Waals surface area contributed by atoms with E-state index < -0.39 is 11.8 Å². The van der Waals surface area contributed by atoms with Gasteiger partial charge in [0.25, 0.3) is 6.71 Å². The first-order chi connectivity index (χ1) is 19.9. The Kier molecular flexibility index (Phi) is 9.36. The average molecular weight is 579 g/mol. The number of halogens is 1. The Bertz CT molecular complexity index is 1350. The van der Waals surface area contributed by atoms with Gasteiger partial charge in [-0.3, -0.25) is 4.79 Å². The third-order valence-corrected chi connectivity index (χ3v) is 8.30. The molecule has 12 heteroatoms. The predicted octanol–water partition coefficient (Wildman–Crippen LogP) is 4.69. The number of hydrogen-bond acceptors (Lipinski definition) is 9. The number of nitriles is 1. The Labute approximate surface area is 242 Å². The zero-order valence-electron chi connectivity index (χ0n) is 22.7. The molecule has 214 valence electrons. The van der Waals surface area contributed by atoms with Gasteiger partial charge in [-0.25, -0.2) is 14.4 Å². The maximum atomic E-state index is 14.7. The Morgan fingerprint density at radius 3 is 2.85 bits per heavy atom. The molecule has 0 aliphatic carbocycles. The molecule has 0 saturated carbocycles. The summed E-state index contributed by atoms with van der Waals surface area (Å²) in [5.74, 6) is 1.23. The lowest BCUT2D eigenvalue weighted by Crippen LogP contribution is -2.41. The summed E-state index contributed by atoms with van der Waals surface area (Å²) in [7, 11) is 1.18. The molecule has 0 bridgehead atoms. The van der Waals surface area contributed by atoms with Crippen LogP contribution in [0, 0.1) is 17.0 Å². The van der Waals surface area contributed by atoms with Crippen LogP contribution in [0.3, 0.4) is 0 Å². The second-order valence-electron chi connectivity index (χ2n) is 10.2. The minimum atomic E-state index is -0.787. The molecule has 5 rings (SSSR count). The molecule has 2 aromatic carbocycles. The highest BCUT2D eigenvalue weighted by molar-refractivity contribution is 8.02. The fraction of sp³-hybridized carbons (Fsp3) is 0.414. The Hall–Kier alpha value is -3.69. The molecule has 0 aromatic heterocycles. The van der Waals surface area contributed by atoms with Crippen LogP contribution in [0.25, 0.3) is 0 Å². The molecule has 2 N–H and O–H groups in total. The number of rotatable bonds is 9. The largest absolute Gasteiger partial charge is 0.487 e. The van der Waals surface area contributed by atoms with Crippen LogP contribution < -0.4 is 20.1 Å². The van der Waals surface area contributed by atoms with Crippen LogP contribution in [0.5, 0.6) is 17.2 Å². The summed E-state index contributed by atoms with van der Waals surface area (Å²) in [4.78, 5) is 24.8. The van der Waals surface area contributed by atoms with Crippen molar-refractivity contribution in [3.05, 3.63) is 64.4 Å². The van der Waals surface area contributed by atoms with Crippen molar-refractivity contribution in [2.75, 3.05) is 20.3 Å². The van der Waals surface area contributed by atoms with Gasteiger partial charge < -0.3 is 29.6 Å². The maximum Gasteiger partial charge on any atom is 0.340 e. The number of nitrogens with one attached hydrogen (secondary N) is 2. The van der Waals surface area contributed by atoms with Gasteiger partial charge in [-0.2, -0.15) is 0 Å². The summed E-state index contributed by atoms with van der Waals surface area (Å²) in [6.45, 7) is 0.664. The molecule has 3 unspecified atom stereocenters. The van der Waals surface area contributed by atoms with Crippen molar-refractivity contribution in [1.29, 1.82) is 5.26 Å². The van der Waals surface area contributed by atoms with Crippen LogP contribution in [0.4, 0.5) is 4.39 Å². The number of hydrogen-bond donors (Lipinski definition) is 2. The van der Waals surface area contributed by atoms with Crippen LogP contribution in [-0.2, 0) is 20.7 Å². The van der Waals surface area contributed by atoms with Crippen LogP contribution in [0.1, 0.15) is 53.0 Å². The zero-order chi connectivity index (χ0) is 28.8. The smallest absolute Gasteiger partial charge is 0.340 e. The van der Waals surface area contributed by atoms with E-state index in [1.807, 2.05) is 11.5 Å². The lowest BCUT2D eigenvalue weighted by atomic mass is 9.35. The fourth-order valence-electron chi connectivity index (χ4n) is 5.36. The molecule has 1 fully saturated rings. The number of carbonyl (C=O) groups excluding carboxylic acids is 2. The number of carbonyl (C=O) groups is 2. The summed E-state index contributed by atoms with van der Waals surface area (Å²) >= 11 is 1.46. The Morgan fingerprint density at radius 1 is 1.27 bits per heavy atom. The number of benzene rings is 2. The number of methoxy groups -OCH3 is 1. The van der Waals surface area contributed by atoms with Crippen molar-refractivity contribution >= 4 is 30.4 Å². The van der Waals surface area contributed by atoms with Gasteiger partial charge in [-0.1, -0.05) is 18.1 Å². The molecule has 3 heterocycles. The van der Waals surface area contributed by atoms with Crippen molar-refractivity contribution in [3.8, 4) is 23.2 Å². The van der Waals surface area contributed by atoms with Crippen molar-refractivity contribution in [1.82, 2.24) is 10.6 Å². The number of esters is 1. The molecule has 3 aliphatic rings. The molecule has 1 amide bonds. The van der Waals surface area contributed by atoms with Crippen LogP contribution in [-0.4, -0.2) is 50.5 Å². The first kappa shape index (κ1) is 28.8. The third-order valence-electron chi connectivity index (χ3n) is 7.48. The molecular formula is C29H31BFN3O6S. The van der Waals surface area contributed by atoms with E-state index in [4.69, 9.17) is 14.2 Å². The summed E-state index contributed by atoms with van der Waals surface area (Å²) in [5, 5.41) is 17.8. The predicted molar refractivity (Wildman–Crippen MR) is 152 cm³/mol. The summed E-state index contributed by atoms with van der Waals surface area (Å²) in [6.07, 6.45) is 6.11. The molecule has 9 nitrogen and oxygen atoms in total. The average Bonchev–Trinajstić information content (AvgIpc) is 3.49. The third kappa shape index (κ3) is 6.97. The first-order valence-corrected chi connectivity index (χ1v) is 14.6. The SMILES string of the molecule is COC(=O)c1ccc(Oc2cc3c(cc2OCC2CCCCO2)CCB(C#N)C3CC(=O)NC2NC=CS2)cc1F. The molecule has 0 radical (unpaired) electrons. The van der Waals surface area contributed by atoms with Crippen LogP contribution in [0.2, 0.25) is 6.32 Å². The normalized spacial score (nSPS) is 21.3. The van der Waals surface area contributed by atoms with Crippen molar-refractivity contribution in [3.63, 3.8) is 0 Å². The minimum absolute atomic E-state index is 0.0413. The van der Waals surface area contributed by atoms with Gasteiger partial charge in [0.15, 0.2) is 17.0 Å². The molecule has 1 saturated heterocycles. The number of nitrogens with zero attached hydrogens (tertiary/aromatic N) is 1. The Morgan fingerprint density at radius 2 is 2.15 bits per heavy atom. The second kappa shape index (κ2) is 13.3. The quantitative estimate of drug-likeness (QED) is 0.322. The second-order valence-corrected chi connectivity index (χ2v) is 11.2. The number of ether oxygens (including phenoxy) is 4. The van der Waals surface area contributed by atoms with E-state index in [2.05, 4.69) is 21.3 Å². The molecule has 3 atom stereocenters. The van der Waals surface area contributed by atoms with E-state index in [0.29, 0.717) is 37.5 Å². The van der Waals surface area contributed by atoms with Gasteiger partial charge >= 0.3 is 5.97 Å². The highest BCUT2D eigenvalue weighted by atomic mass is 32.2. The highest BCUT2D eigenvalue weighted by Crippen LogP contribution is 2.42. The number of amides is 1. The maximum absolute atomic E-state index is 14.7. The summed E-state index contributed by atoms with van der Waals surface area (Å²) in [5.41, 5.74) is 1.35. The molecule has 0 spiro atoms. The van der Waals surface area contributed by atoms with Gasteiger partial charge in [0.2, 0.25) is 5.91 Å². The van der Waals surface area contributed by atoms with Crippen molar-refractivity contribution < 1.29 is 32.9 Å². The van der Waals surface area contributed by atoms with E-state index in [-0.39, 0.29) is 47.8 Å². The number of fused-ring (bicyclic) bond motifs is 1. The van der Waals surface area contributed by atoms with Crippen molar-refractivity contribution in [2.24, 2.45) is 0 Å². The minimum Gasteiger partial charge on any atom is -0.487 e. The molecular weight excluding hydrogens is 548 g/mol. The molecule has 3 aliphatic heterocycles. The van der Waals surface area contributed by atoms with Gasteiger partial charge in [-0.15, -0.1) is 0 Å². The summed E-state index contributed by atoms with van der Waals surface area (Å²) < 4.78 is 37.5. The van der Waals surface area contributed by atoms with E-state index in [1.165, 1.54) is 31.0 Å². The zero-order valence-corrected chi connectivity index (χ0v) is 23.5. The molecule has 2 aromatic rings.